The molecule has 20 heavy (non-hydrogen) atoms. The molecule has 1 heterocycles. The van der Waals surface area contributed by atoms with Gasteiger partial charge < -0.3 is 14.7 Å². The summed E-state index contributed by atoms with van der Waals surface area (Å²) >= 11 is 0. The Hall–Kier alpha value is -0.120. The van der Waals surface area contributed by atoms with Crippen LogP contribution in [0.3, 0.4) is 0 Å². The summed E-state index contributed by atoms with van der Waals surface area (Å²) in [6.45, 7) is 8.96. The van der Waals surface area contributed by atoms with Crippen molar-refractivity contribution in [2.75, 3.05) is 26.2 Å². The molecule has 2 unspecified atom stereocenters. The van der Waals surface area contributed by atoms with Crippen molar-refractivity contribution >= 4 is 0 Å². The minimum absolute atomic E-state index is 0.0901. The van der Waals surface area contributed by atoms with Crippen molar-refractivity contribution in [1.29, 1.82) is 0 Å². The van der Waals surface area contributed by atoms with E-state index in [0.717, 1.165) is 38.8 Å². The van der Waals surface area contributed by atoms with Crippen LogP contribution in [0.2, 0.25) is 0 Å². The van der Waals surface area contributed by atoms with Crippen molar-refractivity contribution < 1.29 is 9.84 Å². The number of aliphatic hydroxyl groups excluding tert-OH is 1. The molecular weight excluding hydrogens is 250 g/mol. The van der Waals surface area contributed by atoms with Gasteiger partial charge in [-0.15, -0.1) is 0 Å². The molecule has 3 heteroatoms. The summed E-state index contributed by atoms with van der Waals surface area (Å²) in [5.41, 5.74) is 0. The van der Waals surface area contributed by atoms with Crippen LogP contribution in [0.5, 0.6) is 0 Å². The lowest BCUT2D eigenvalue weighted by Gasteiger charge is -2.29. The molecule has 0 saturated carbocycles. The Morgan fingerprint density at radius 3 is 2.50 bits per heavy atom. The molecule has 1 saturated heterocycles. The summed E-state index contributed by atoms with van der Waals surface area (Å²) in [5.74, 6) is 0. The summed E-state index contributed by atoms with van der Waals surface area (Å²) in [5, 5.41) is 9.90. The standard InChI is InChI=1S/C17H35NO2/c1-3-5-6-7-13-18(12-4-2)14-8-11-17-16(19)10-9-15-20-17/h16-17,19H,3-15H2,1-2H3. The topological polar surface area (TPSA) is 32.7 Å². The summed E-state index contributed by atoms with van der Waals surface area (Å²) < 4.78 is 5.68. The largest absolute Gasteiger partial charge is 0.390 e. The maximum atomic E-state index is 9.90. The predicted molar refractivity (Wildman–Crippen MR) is 85.1 cm³/mol. The van der Waals surface area contributed by atoms with Crippen molar-refractivity contribution in [2.24, 2.45) is 0 Å². The number of unbranched alkanes of at least 4 members (excludes halogenated alkanes) is 3. The predicted octanol–water partition coefficient (Wildman–Crippen LogP) is 3.60. The lowest BCUT2D eigenvalue weighted by molar-refractivity contribution is -0.0780. The van der Waals surface area contributed by atoms with Gasteiger partial charge in [-0.1, -0.05) is 33.1 Å². The van der Waals surface area contributed by atoms with Crippen LogP contribution < -0.4 is 0 Å². The third kappa shape index (κ3) is 7.61. The molecule has 1 fully saturated rings. The van der Waals surface area contributed by atoms with Gasteiger partial charge in [-0.2, -0.15) is 0 Å². The fourth-order valence-corrected chi connectivity index (χ4v) is 3.03. The van der Waals surface area contributed by atoms with E-state index in [9.17, 15) is 5.11 Å². The molecule has 2 atom stereocenters. The van der Waals surface area contributed by atoms with Gasteiger partial charge in [0.05, 0.1) is 12.2 Å². The molecule has 120 valence electrons. The number of nitrogens with zero attached hydrogens (tertiary/aromatic N) is 1. The monoisotopic (exact) mass is 285 g/mol. The van der Waals surface area contributed by atoms with Crippen LogP contribution in [-0.2, 0) is 4.74 Å². The van der Waals surface area contributed by atoms with E-state index in [1.807, 2.05) is 0 Å². The highest BCUT2D eigenvalue weighted by Gasteiger charge is 2.23. The highest BCUT2D eigenvalue weighted by Crippen LogP contribution is 2.18. The maximum Gasteiger partial charge on any atom is 0.0834 e. The molecule has 0 aromatic carbocycles. The number of ether oxygens (including phenoxy) is 1. The van der Waals surface area contributed by atoms with Gasteiger partial charge in [0.25, 0.3) is 0 Å². The Labute approximate surface area is 125 Å². The average Bonchev–Trinajstić information content (AvgIpc) is 2.45. The molecule has 0 spiro atoms. The van der Waals surface area contributed by atoms with Crippen LogP contribution in [0.15, 0.2) is 0 Å². The van der Waals surface area contributed by atoms with Gasteiger partial charge in [0.1, 0.15) is 0 Å². The van der Waals surface area contributed by atoms with Gasteiger partial charge in [-0.25, -0.2) is 0 Å². The lowest BCUT2D eigenvalue weighted by Crippen LogP contribution is -2.35. The van der Waals surface area contributed by atoms with E-state index in [1.165, 1.54) is 45.2 Å². The molecule has 0 radical (unpaired) electrons. The molecule has 1 aliphatic heterocycles. The first-order valence-electron chi connectivity index (χ1n) is 8.80. The highest BCUT2D eigenvalue weighted by molar-refractivity contribution is 4.74. The molecule has 0 aromatic heterocycles. The molecule has 0 aromatic rings. The second-order valence-electron chi connectivity index (χ2n) is 6.16. The molecular formula is C17H35NO2. The Balaban J connectivity index is 2.13. The quantitative estimate of drug-likeness (QED) is 0.589. The first-order chi connectivity index (χ1) is 9.77. The molecule has 0 bridgehead atoms. The van der Waals surface area contributed by atoms with Crippen LogP contribution in [0, 0.1) is 0 Å². The second-order valence-corrected chi connectivity index (χ2v) is 6.16. The molecule has 3 nitrogen and oxygen atoms in total. The third-order valence-electron chi connectivity index (χ3n) is 4.24. The Morgan fingerprint density at radius 1 is 1.00 bits per heavy atom. The van der Waals surface area contributed by atoms with Gasteiger partial charge in [-0.3, -0.25) is 0 Å². The lowest BCUT2D eigenvalue weighted by atomic mass is 10.0. The average molecular weight is 285 g/mol. The normalized spacial score (nSPS) is 23.4. The minimum Gasteiger partial charge on any atom is -0.390 e. The molecule has 1 N–H and O–H groups in total. The van der Waals surface area contributed by atoms with E-state index in [-0.39, 0.29) is 12.2 Å². The van der Waals surface area contributed by atoms with Crippen molar-refractivity contribution in [3.63, 3.8) is 0 Å². The Bertz CT molecular complexity index is 223. The summed E-state index contributed by atoms with van der Waals surface area (Å²) in [6, 6.07) is 0. The van der Waals surface area contributed by atoms with Crippen LogP contribution in [0.1, 0.15) is 71.6 Å². The van der Waals surface area contributed by atoms with Gasteiger partial charge in [0.2, 0.25) is 0 Å². The molecule has 0 amide bonds. The van der Waals surface area contributed by atoms with Gasteiger partial charge in [-0.05, 0) is 58.2 Å². The van der Waals surface area contributed by atoms with E-state index < -0.39 is 0 Å². The molecule has 1 rings (SSSR count). The van der Waals surface area contributed by atoms with Crippen LogP contribution >= 0.6 is 0 Å². The first-order valence-corrected chi connectivity index (χ1v) is 8.80. The zero-order chi connectivity index (χ0) is 14.6. The number of hydrogen-bond donors (Lipinski definition) is 1. The smallest absolute Gasteiger partial charge is 0.0834 e. The molecule has 0 aliphatic carbocycles. The van der Waals surface area contributed by atoms with E-state index in [2.05, 4.69) is 18.7 Å². The van der Waals surface area contributed by atoms with Gasteiger partial charge >= 0.3 is 0 Å². The Morgan fingerprint density at radius 2 is 1.80 bits per heavy atom. The van der Waals surface area contributed by atoms with E-state index >= 15 is 0 Å². The summed E-state index contributed by atoms with van der Waals surface area (Å²) in [6.07, 6.45) is 10.5. The summed E-state index contributed by atoms with van der Waals surface area (Å²) in [4.78, 5) is 2.59. The number of aliphatic hydroxyl groups is 1. The minimum atomic E-state index is -0.229. The van der Waals surface area contributed by atoms with Crippen molar-refractivity contribution in [2.45, 2.75) is 83.8 Å². The van der Waals surface area contributed by atoms with Gasteiger partial charge in [0.15, 0.2) is 0 Å². The zero-order valence-electron chi connectivity index (χ0n) is 13.6. The van der Waals surface area contributed by atoms with E-state index in [1.54, 1.807) is 0 Å². The van der Waals surface area contributed by atoms with Crippen LogP contribution in [0.25, 0.3) is 0 Å². The van der Waals surface area contributed by atoms with E-state index in [0.29, 0.717) is 0 Å². The fourth-order valence-electron chi connectivity index (χ4n) is 3.03. The molecule has 1 aliphatic rings. The van der Waals surface area contributed by atoms with Crippen molar-refractivity contribution in [3.8, 4) is 0 Å². The number of rotatable bonds is 11. The number of hydrogen-bond acceptors (Lipinski definition) is 3. The highest BCUT2D eigenvalue weighted by atomic mass is 16.5. The second kappa shape index (κ2) is 11.5. The zero-order valence-corrected chi connectivity index (χ0v) is 13.6. The van der Waals surface area contributed by atoms with E-state index in [4.69, 9.17) is 4.74 Å². The third-order valence-corrected chi connectivity index (χ3v) is 4.24. The first kappa shape index (κ1) is 17.9. The van der Waals surface area contributed by atoms with Crippen LogP contribution in [-0.4, -0.2) is 48.5 Å². The SMILES string of the molecule is CCCCCCN(CCC)CCCC1OCCCC1O. The summed E-state index contributed by atoms with van der Waals surface area (Å²) in [7, 11) is 0. The van der Waals surface area contributed by atoms with Crippen molar-refractivity contribution in [3.05, 3.63) is 0 Å². The maximum absolute atomic E-state index is 9.90. The van der Waals surface area contributed by atoms with Gasteiger partial charge in [0, 0.05) is 6.61 Å². The van der Waals surface area contributed by atoms with Crippen LogP contribution in [0.4, 0.5) is 0 Å². The fraction of sp³-hybridized carbons (Fsp3) is 1.00. The Kier molecular flexibility index (Phi) is 10.3. The van der Waals surface area contributed by atoms with Crippen molar-refractivity contribution in [1.82, 2.24) is 4.90 Å².